The van der Waals surface area contributed by atoms with Crippen LogP contribution in [0.2, 0.25) is 0 Å². The lowest BCUT2D eigenvalue weighted by Gasteiger charge is -1.93. The van der Waals surface area contributed by atoms with Gasteiger partial charge >= 0.3 is 5.97 Å². The molecule has 0 saturated heterocycles. The Balaban J connectivity index is 2.68. The number of rotatable bonds is 4. The van der Waals surface area contributed by atoms with Crippen molar-refractivity contribution < 1.29 is 14.7 Å². The Morgan fingerprint density at radius 3 is 2.60 bits per heavy atom. The van der Waals surface area contributed by atoms with E-state index < -0.39 is 5.97 Å². The maximum atomic E-state index is 10.2. The van der Waals surface area contributed by atoms with Gasteiger partial charge in [0, 0.05) is 0 Å². The predicted octanol–water partition coefficient (Wildman–Crippen LogP) is 2.14. The summed E-state index contributed by atoms with van der Waals surface area (Å²) in [4.78, 5) is 23.6. The van der Waals surface area contributed by atoms with E-state index in [2.05, 4.69) is 4.99 Å². The van der Waals surface area contributed by atoms with Crippen molar-refractivity contribution in [1.29, 1.82) is 0 Å². The van der Waals surface area contributed by atoms with Crippen LogP contribution in [0.3, 0.4) is 0 Å². The lowest BCUT2D eigenvalue weighted by molar-refractivity contribution is -0.135. The number of nitrogens with zero attached hydrogens (tertiary/aromatic N) is 1. The minimum atomic E-state index is -0.867. The van der Waals surface area contributed by atoms with E-state index >= 15 is 0 Å². The first kappa shape index (κ1) is 10.9. The van der Waals surface area contributed by atoms with Gasteiger partial charge in [0.25, 0.3) is 0 Å². The van der Waals surface area contributed by atoms with Gasteiger partial charge in [-0.15, -0.1) is 0 Å². The van der Waals surface area contributed by atoms with E-state index in [1.165, 1.54) is 6.08 Å². The smallest absolute Gasteiger partial charge is 0.307 e. The number of carbonyl (C=O) groups is 1. The predicted molar refractivity (Wildman–Crippen MR) is 55.5 cm³/mol. The Morgan fingerprint density at radius 1 is 1.40 bits per heavy atom. The molecule has 76 valence electrons. The Bertz CT molecular complexity index is 414. The van der Waals surface area contributed by atoms with Gasteiger partial charge in [-0.3, -0.25) is 4.79 Å². The van der Waals surface area contributed by atoms with Crippen molar-refractivity contribution in [2.24, 2.45) is 4.99 Å². The summed E-state index contributed by atoms with van der Waals surface area (Å²) in [6, 6.07) is 6.81. The molecule has 1 rings (SSSR count). The number of aliphatic imine (C=N–C) groups is 1. The molecule has 0 aromatic heterocycles. The first-order valence-electron chi connectivity index (χ1n) is 4.28. The third-order valence-electron chi connectivity index (χ3n) is 1.67. The number of isocyanates is 1. The van der Waals surface area contributed by atoms with E-state index in [4.69, 9.17) is 5.11 Å². The van der Waals surface area contributed by atoms with Gasteiger partial charge in [-0.25, -0.2) is 4.79 Å². The van der Waals surface area contributed by atoms with Crippen molar-refractivity contribution in [2.75, 3.05) is 0 Å². The van der Waals surface area contributed by atoms with Crippen LogP contribution in [0.5, 0.6) is 0 Å². The number of benzene rings is 1. The highest BCUT2D eigenvalue weighted by Crippen LogP contribution is 2.13. The summed E-state index contributed by atoms with van der Waals surface area (Å²) in [5.41, 5.74) is 1.39. The molecule has 0 atom stereocenters. The van der Waals surface area contributed by atoms with Crippen LogP contribution in [-0.2, 0) is 9.59 Å². The molecule has 0 heterocycles. The van der Waals surface area contributed by atoms with Crippen LogP contribution in [0.25, 0.3) is 6.08 Å². The fourth-order valence-corrected chi connectivity index (χ4v) is 1.01. The zero-order valence-corrected chi connectivity index (χ0v) is 7.88. The highest BCUT2D eigenvalue weighted by molar-refractivity contribution is 5.70. The summed E-state index contributed by atoms with van der Waals surface area (Å²) in [5, 5.41) is 8.40. The molecule has 0 radical (unpaired) electrons. The second kappa shape index (κ2) is 5.52. The van der Waals surface area contributed by atoms with Crippen molar-refractivity contribution in [3.63, 3.8) is 0 Å². The monoisotopic (exact) mass is 203 g/mol. The van der Waals surface area contributed by atoms with Crippen molar-refractivity contribution in [2.45, 2.75) is 6.42 Å². The van der Waals surface area contributed by atoms with Gasteiger partial charge in [0.15, 0.2) is 0 Å². The average Bonchev–Trinajstić information content (AvgIpc) is 2.20. The summed E-state index contributed by atoms with van der Waals surface area (Å²) < 4.78 is 0. The molecular weight excluding hydrogens is 194 g/mol. The van der Waals surface area contributed by atoms with Gasteiger partial charge in [-0.05, 0) is 17.7 Å². The van der Waals surface area contributed by atoms with Crippen molar-refractivity contribution in [1.82, 2.24) is 0 Å². The van der Waals surface area contributed by atoms with Crippen LogP contribution >= 0.6 is 0 Å². The third-order valence-corrected chi connectivity index (χ3v) is 1.67. The molecule has 0 unspecified atom stereocenters. The molecule has 1 aromatic rings. The van der Waals surface area contributed by atoms with Crippen LogP contribution in [0.4, 0.5) is 5.69 Å². The molecule has 0 spiro atoms. The standard InChI is InChI=1S/C11H9NO3/c13-8-12-10-6-4-9(5-7-10)2-1-3-11(14)15/h1-2,4-7H,3H2,(H,14,15). The molecule has 4 nitrogen and oxygen atoms in total. The molecule has 0 aliphatic rings. The molecule has 0 aliphatic heterocycles. The summed E-state index contributed by atoms with van der Waals surface area (Å²) >= 11 is 0. The van der Waals surface area contributed by atoms with E-state index in [1.807, 2.05) is 0 Å². The van der Waals surface area contributed by atoms with Gasteiger partial charge < -0.3 is 5.11 Å². The van der Waals surface area contributed by atoms with E-state index in [0.29, 0.717) is 5.69 Å². The molecule has 4 heteroatoms. The van der Waals surface area contributed by atoms with Gasteiger partial charge in [0.05, 0.1) is 12.1 Å². The maximum Gasteiger partial charge on any atom is 0.307 e. The highest BCUT2D eigenvalue weighted by Gasteiger charge is 1.91. The fraction of sp³-hybridized carbons (Fsp3) is 0.0909. The van der Waals surface area contributed by atoms with Crippen LogP contribution in [0.15, 0.2) is 35.3 Å². The molecule has 0 bridgehead atoms. The molecular formula is C11H9NO3. The van der Waals surface area contributed by atoms with Gasteiger partial charge in [-0.2, -0.15) is 4.99 Å². The van der Waals surface area contributed by atoms with Gasteiger partial charge in [0.2, 0.25) is 6.08 Å². The Kier molecular flexibility index (Phi) is 4.01. The average molecular weight is 203 g/mol. The Morgan fingerprint density at radius 2 is 2.07 bits per heavy atom. The van der Waals surface area contributed by atoms with Crippen molar-refractivity contribution >= 4 is 23.8 Å². The van der Waals surface area contributed by atoms with Crippen LogP contribution in [-0.4, -0.2) is 17.2 Å². The Hall–Kier alpha value is -2.19. The lowest BCUT2D eigenvalue weighted by Crippen LogP contribution is -1.89. The topological polar surface area (TPSA) is 66.7 Å². The third kappa shape index (κ3) is 4.02. The first-order chi connectivity index (χ1) is 7.22. The largest absolute Gasteiger partial charge is 0.481 e. The fourth-order valence-electron chi connectivity index (χ4n) is 1.01. The van der Waals surface area contributed by atoms with Crippen LogP contribution in [0, 0.1) is 0 Å². The molecule has 0 saturated carbocycles. The van der Waals surface area contributed by atoms with Crippen molar-refractivity contribution in [3.8, 4) is 0 Å². The summed E-state index contributed by atoms with van der Waals surface area (Å²) in [6.45, 7) is 0. The molecule has 15 heavy (non-hydrogen) atoms. The molecule has 0 aliphatic carbocycles. The second-order valence-corrected chi connectivity index (χ2v) is 2.79. The maximum absolute atomic E-state index is 10.2. The summed E-state index contributed by atoms with van der Waals surface area (Å²) in [6.07, 6.45) is 4.69. The van der Waals surface area contributed by atoms with E-state index in [0.717, 1.165) is 5.56 Å². The first-order valence-corrected chi connectivity index (χ1v) is 4.28. The number of hydrogen-bond acceptors (Lipinski definition) is 3. The number of carbonyl (C=O) groups excluding carboxylic acids is 1. The number of carboxylic acid groups (broad SMARTS) is 1. The number of aliphatic carboxylic acids is 1. The minimum absolute atomic E-state index is 0.00571. The molecule has 0 fully saturated rings. The van der Waals surface area contributed by atoms with Gasteiger partial charge in [0.1, 0.15) is 0 Å². The summed E-state index contributed by atoms with van der Waals surface area (Å²) in [7, 11) is 0. The van der Waals surface area contributed by atoms with Crippen LogP contribution in [0.1, 0.15) is 12.0 Å². The van der Waals surface area contributed by atoms with E-state index in [1.54, 1.807) is 36.4 Å². The zero-order valence-electron chi connectivity index (χ0n) is 7.88. The quantitative estimate of drug-likeness (QED) is 0.602. The molecule has 0 amide bonds. The normalized spacial score (nSPS) is 9.87. The number of hydrogen-bond donors (Lipinski definition) is 1. The van der Waals surface area contributed by atoms with E-state index in [-0.39, 0.29) is 6.42 Å². The second-order valence-electron chi connectivity index (χ2n) is 2.79. The zero-order chi connectivity index (χ0) is 11.1. The van der Waals surface area contributed by atoms with Crippen LogP contribution < -0.4 is 0 Å². The molecule has 1 N–H and O–H groups in total. The minimum Gasteiger partial charge on any atom is -0.481 e. The highest BCUT2D eigenvalue weighted by atomic mass is 16.4. The SMILES string of the molecule is O=C=Nc1ccc(C=CCC(=O)O)cc1. The lowest BCUT2D eigenvalue weighted by atomic mass is 10.2. The summed E-state index contributed by atoms with van der Waals surface area (Å²) in [5.74, 6) is -0.867. The van der Waals surface area contributed by atoms with E-state index in [9.17, 15) is 9.59 Å². The number of carboxylic acids is 1. The van der Waals surface area contributed by atoms with Crippen molar-refractivity contribution in [3.05, 3.63) is 35.9 Å². The van der Waals surface area contributed by atoms with Gasteiger partial charge in [-0.1, -0.05) is 24.3 Å². The Labute approximate surface area is 86.6 Å². The molecule has 1 aromatic carbocycles.